The quantitative estimate of drug-likeness (QED) is 0.365. The monoisotopic (exact) mass is 384 g/mol. The molecule has 1 heterocycles. The van der Waals surface area contributed by atoms with Crippen LogP contribution in [-0.2, 0) is 13.8 Å². The zero-order valence-corrected chi connectivity index (χ0v) is 15.2. The summed E-state index contributed by atoms with van der Waals surface area (Å²) in [6.07, 6.45) is -1.52. The Bertz CT molecular complexity index is 423. The average Bonchev–Trinajstić information content (AvgIpc) is 2.66. The Morgan fingerprint density at radius 1 is 1.38 bits per heavy atom. The predicted octanol–water partition coefficient (Wildman–Crippen LogP) is 1.49. The van der Waals surface area contributed by atoms with Gasteiger partial charge in [-0.05, 0) is 26.7 Å². The van der Waals surface area contributed by atoms with Gasteiger partial charge in [0, 0.05) is 6.00 Å². The van der Waals surface area contributed by atoms with E-state index in [0.717, 1.165) is 0 Å². The number of alkyl halides is 1. The molecule has 0 aromatic carbocycles. The second-order valence-electron chi connectivity index (χ2n) is 5.80. The average molecular weight is 385 g/mol. The summed E-state index contributed by atoms with van der Waals surface area (Å²) >= 11 is 3.23. The van der Waals surface area contributed by atoms with Gasteiger partial charge in [0.25, 0.3) is 0 Å². The Morgan fingerprint density at radius 2 is 1.90 bits per heavy atom. The summed E-state index contributed by atoms with van der Waals surface area (Å²) in [5, 5.41) is 18.4. The van der Waals surface area contributed by atoms with Gasteiger partial charge in [-0.25, -0.2) is 0 Å². The van der Waals surface area contributed by atoms with E-state index in [9.17, 15) is 19.7 Å². The number of halogens is 1. The lowest BCUT2D eigenvalue weighted by Gasteiger charge is -2.40. The third-order valence-electron chi connectivity index (χ3n) is 4.17. The highest BCUT2D eigenvalue weighted by Crippen LogP contribution is 2.59. The molecule has 0 saturated carbocycles. The van der Waals surface area contributed by atoms with E-state index in [1.165, 1.54) is 6.92 Å². The minimum Gasteiger partial charge on any atom is -0.389 e. The predicted molar refractivity (Wildman–Crippen MR) is 83.7 cm³/mol. The van der Waals surface area contributed by atoms with Crippen LogP contribution in [0.15, 0.2) is 0 Å². The van der Waals surface area contributed by atoms with Crippen LogP contribution >= 0.6 is 23.5 Å². The molecule has 1 aliphatic heterocycles. The number of aliphatic hydroxyl groups is 2. The number of hydrogen-bond donors (Lipinski definition) is 3. The van der Waals surface area contributed by atoms with Gasteiger partial charge in [0.15, 0.2) is 5.34 Å². The maximum Gasteiger partial charge on any atom is 0.359 e. The van der Waals surface area contributed by atoms with Gasteiger partial charge in [-0.15, -0.1) is 0 Å². The first-order valence-electron chi connectivity index (χ1n) is 6.91. The van der Waals surface area contributed by atoms with Gasteiger partial charge in [-0.3, -0.25) is 9.09 Å². The Morgan fingerprint density at radius 3 is 2.24 bits per heavy atom. The van der Waals surface area contributed by atoms with E-state index < -0.39 is 41.6 Å². The minimum atomic E-state index is -4.34. The maximum atomic E-state index is 12.4. The lowest BCUT2D eigenvalue weighted by atomic mass is 9.90. The third kappa shape index (κ3) is 3.74. The highest BCUT2D eigenvalue weighted by molar-refractivity contribution is 9.09. The highest BCUT2D eigenvalue weighted by Gasteiger charge is 2.54. The largest absolute Gasteiger partial charge is 0.389 e. The summed E-state index contributed by atoms with van der Waals surface area (Å²) in [4.78, 5) is 9.59. The molecule has 6 nitrogen and oxygen atoms in total. The lowest BCUT2D eigenvalue weighted by Crippen LogP contribution is -2.48. The van der Waals surface area contributed by atoms with Crippen LogP contribution in [-0.4, -0.2) is 56.9 Å². The lowest BCUT2D eigenvalue weighted by molar-refractivity contribution is -0.106. The fourth-order valence-electron chi connectivity index (χ4n) is 2.09. The normalized spacial score (nSPS) is 38.5. The Labute approximate surface area is 135 Å². The van der Waals surface area contributed by atoms with E-state index in [4.69, 9.17) is 17.1 Å². The van der Waals surface area contributed by atoms with Crippen molar-refractivity contribution in [2.24, 2.45) is 0 Å². The van der Waals surface area contributed by atoms with Crippen molar-refractivity contribution < 1.29 is 28.9 Å². The van der Waals surface area contributed by atoms with E-state index in [2.05, 4.69) is 15.9 Å². The zero-order chi connectivity index (χ0) is 16.6. The molecule has 1 rings (SSSR count). The van der Waals surface area contributed by atoms with Crippen molar-refractivity contribution in [2.75, 3.05) is 0 Å². The van der Waals surface area contributed by atoms with Crippen molar-refractivity contribution in [3.63, 3.8) is 0 Å². The van der Waals surface area contributed by atoms with E-state index in [1.807, 2.05) is 0 Å². The molecule has 0 aliphatic carbocycles. The molecule has 7 atom stereocenters. The van der Waals surface area contributed by atoms with Crippen molar-refractivity contribution in [2.45, 2.75) is 74.5 Å². The van der Waals surface area contributed by atoms with Gasteiger partial charge in [-0.1, -0.05) is 29.8 Å². The topological polar surface area (TPSA) is 96.2 Å². The number of hydrogen-bond acceptors (Lipinski definition) is 5. The van der Waals surface area contributed by atoms with Crippen molar-refractivity contribution in [1.29, 1.82) is 0 Å². The van der Waals surface area contributed by atoms with E-state index in [1.54, 1.807) is 20.8 Å². The van der Waals surface area contributed by atoms with Crippen LogP contribution in [0.5, 0.6) is 0 Å². The Balaban J connectivity index is 3.04. The zero-order valence-electron chi connectivity index (χ0n) is 12.7. The van der Waals surface area contributed by atoms with Crippen molar-refractivity contribution in [3.8, 4) is 0 Å². The molecule has 3 unspecified atom stereocenters. The second kappa shape index (κ2) is 6.60. The summed E-state index contributed by atoms with van der Waals surface area (Å²) < 4.78 is 23.2. The first-order valence-corrected chi connectivity index (χ1v) is 9.40. The van der Waals surface area contributed by atoms with Crippen molar-refractivity contribution in [3.05, 3.63) is 0 Å². The summed E-state index contributed by atoms with van der Waals surface area (Å²) in [7, 11) is 1.38. The molecular weight excluding hydrogens is 362 g/mol. The Hall–Kier alpha value is 0.575. The molecule has 1 fully saturated rings. The van der Waals surface area contributed by atoms with Gasteiger partial charge in [-0.2, -0.15) is 0 Å². The summed E-state index contributed by atoms with van der Waals surface area (Å²) in [5.74, 6) is 0. The van der Waals surface area contributed by atoms with Gasteiger partial charge in [0.2, 0.25) is 0 Å². The number of rotatable bonds is 6. The van der Waals surface area contributed by atoms with Crippen LogP contribution in [0, 0.1) is 0 Å². The molecule has 3 N–H and O–H groups in total. The fourth-order valence-corrected chi connectivity index (χ4v) is 3.89. The summed E-state index contributed by atoms with van der Waals surface area (Å²) in [6.45, 7) is 6.13. The molecule has 0 bridgehead atoms. The van der Waals surface area contributed by atoms with Crippen LogP contribution < -0.4 is 0 Å². The van der Waals surface area contributed by atoms with Gasteiger partial charge < -0.3 is 19.8 Å². The Kier molecular flexibility index (Phi) is 6.16. The molecule has 0 aromatic rings. The number of aliphatic hydroxyl groups excluding tert-OH is 1. The molecule has 2 radical (unpaired) electrons. The van der Waals surface area contributed by atoms with Crippen LogP contribution in [0.2, 0.25) is 0 Å². The molecule has 21 heavy (non-hydrogen) atoms. The smallest absolute Gasteiger partial charge is 0.359 e. The molecule has 122 valence electrons. The van der Waals surface area contributed by atoms with Crippen LogP contribution in [0.25, 0.3) is 0 Å². The van der Waals surface area contributed by atoms with E-state index >= 15 is 0 Å². The molecular formula is C12H23BBrO6P. The SMILES string of the molecule is [B][C@@H]1O[C@H](C(C)(CC)OP(=O)(O)C(C)(O)CC)[C@@H](O)[C@H]1Br. The molecule has 1 saturated heterocycles. The number of ether oxygens (including phenoxy) is 1. The first-order chi connectivity index (χ1) is 9.42. The maximum absolute atomic E-state index is 12.4. The van der Waals surface area contributed by atoms with E-state index in [-0.39, 0.29) is 6.42 Å². The third-order valence-corrected chi connectivity index (χ3v) is 7.43. The van der Waals surface area contributed by atoms with Gasteiger partial charge in [0.1, 0.15) is 19.6 Å². The van der Waals surface area contributed by atoms with Gasteiger partial charge >= 0.3 is 7.60 Å². The summed E-state index contributed by atoms with van der Waals surface area (Å²) in [6, 6.07) is -0.746. The van der Waals surface area contributed by atoms with E-state index in [0.29, 0.717) is 6.42 Å². The minimum absolute atomic E-state index is 0.0508. The van der Waals surface area contributed by atoms with Crippen molar-refractivity contribution in [1.82, 2.24) is 0 Å². The molecule has 1 aliphatic rings. The molecule has 0 spiro atoms. The molecule has 0 aromatic heterocycles. The van der Waals surface area contributed by atoms with Crippen molar-refractivity contribution >= 4 is 31.4 Å². The van der Waals surface area contributed by atoms with Gasteiger partial charge in [0.05, 0.1) is 10.9 Å². The highest BCUT2D eigenvalue weighted by atomic mass is 79.9. The first kappa shape index (κ1) is 19.6. The molecule has 0 amide bonds. The standard InChI is InChI=1S/C12H23BBrO6P/c1-5-11(3,9-8(15)7(14)10(13)19-9)20-21(17,18)12(4,16)6-2/h7-10,15-16H,5-6H2,1-4H3,(H,17,18)/t7-,8+,9+,10-,11?,12?/m1/s1. The second-order valence-corrected chi connectivity index (χ2v) is 9.05. The summed E-state index contributed by atoms with van der Waals surface area (Å²) in [5.41, 5.74) is -1.26. The van der Waals surface area contributed by atoms with Crippen LogP contribution in [0.1, 0.15) is 40.5 Å². The van der Waals surface area contributed by atoms with Crippen LogP contribution in [0.3, 0.4) is 0 Å². The fraction of sp³-hybridized carbons (Fsp3) is 1.00. The molecule has 9 heteroatoms. The van der Waals surface area contributed by atoms with Crippen LogP contribution in [0.4, 0.5) is 0 Å².